The van der Waals surface area contributed by atoms with Crippen molar-refractivity contribution >= 4 is 28.5 Å². The minimum atomic E-state index is -1.81. The van der Waals surface area contributed by atoms with Gasteiger partial charge in [-0.2, -0.15) is 0 Å². The molecule has 8 N–H and O–H groups in total. The van der Waals surface area contributed by atoms with E-state index in [0.29, 0.717) is 0 Å². The van der Waals surface area contributed by atoms with Crippen molar-refractivity contribution < 1.29 is 40.2 Å². The highest BCUT2D eigenvalue weighted by molar-refractivity contribution is 6.51. The van der Waals surface area contributed by atoms with Gasteiger partial charge < -0.3 is 79.4 Å². The topological polar surface area (TPSA) is 283 Å². The van der Waals surface area contributed by atoms with Crippen LogP contribution in [0.4, 0.5) is 0 Å². The van der Waals surface area contributed by atoms with Gasteiger partial charge in [0.25, 0.3) is 0 Å². The normalized spacial score (nSPS) is 10.2. The Morgan fingerprint density at radius 3 is 0.194 bits per heavy atom. The van der Waals surface area contributed by atoms with Gasteiger partial charge in [-0.25, -0.2) is 21.0 Å². The number of rotatable bonds is 72. The van der Waals surface area contributed by atoms with Crippen molar-refractivity contribution in [1.82, 2.24) is 39.2 Å². The van der Waals surface area contributed by atoms with E-state index in [0.717, 1.165) is 23.9 Å². The van der Waals surface area contributed by atoms with E-state index in [2.05, 4.69) is 205 Å². The van der Waals surface area contributed by atoms with Crippen LogP contribution in [0.1, 0.15) is 474 Å². The van der Waals surface area contributed by atoms with Crippen LogP contribution in [0.25, 0.3) is 0 Å². The first-order valence-electron chi connectivity index (χ1n) is 52.7. The van der Waals surface area contributed by atoms with E-state index in [1.54, 1.807) is 0 Å². The van der Waals surface area contributed by atoms with Crippen LogP contribution >= 0.6 is 0 Å². The van der Waals surface area contributed by atoms with Crippen molar-refractivity contribution in [2.75, 3.05) is 157 Å². The summed E-state index contributed by atoms with van der Waals surface area (Å²) in [5.74, 6) is 4.56. The zero-order chi connectivity index (χ0) is 96.7. The molecule has 0 saturated carbocycles. The Labute approximate surface area is 780 Å². The van der Waals surface area contributed by atoms with E-state index in [4.69, 9.17) is 61.2 Å². The van der Waals surface area contributed by atoms with Crippen LogP contribution in [-0.2, 0) is 0 Å². The van der Waals surface area contributed by atoms with Crippen LogP contribution in [0.15, 0.2) is 0 Å². The number of unbranched alkanes of at least 4 members (excludes halogenated alkanes) is 24. The Kier molecular flexibility index (Phi) is 170. The van der Waals surface area contributed by atoms with Gasteiger partial charge in [-0.3, -0.25) is 0 Å². The van der Waals surface area contributed by atoms with Gasteiger partial charge in [-0.05, 0) is 311 Å². The summed E-state index contributed by atoms with van der Waals surface area (Å²) in [6.45, 7) is 86.2. The largest absolute Gasteiger partial charge is 0.573 e. The maximum Gasteiger partial charge on any atom is 0.573 e. The SMILES string of the molecule is CCCCN(CCCC)CCCC.CCCCN(CCCC)CCCC.CCCCN(CCCC)CCCC.CCCCN(CCCC)CCCC.CCCCN(CCCC)CCCC.CCCCN(CCCC)CCCC.CCCCN(CCCC)CCCC.CCCCN(CCCC)CCCC.N#CB(O)O.N#CB(O)O.N#CB(O)O.N#CB(O)O. The molecule has 20 nitrogen and oxygen atoms in total. The number of hydrogen-bond acceptors (Lipinski definition) is 20. The number of nitrogens with zero attached hydrogens (tertiary/aromatic N) is 12. The van der Waals surface area contributed by atoms with Gasteiger partial charge in [0.05, 0.1) is 23.9 Å². The molecular weight excluding hydrogens is 1540 g/mol. The lowest BCUT2D eigenvalue weighted by Gasteiger charge is -2.21. The van der Waals surface area contributed by atoms with E-state index in [1.807, 2.05) is 0 Å². The summed E-state index contributed by atoms with van der Waals surface area (Å²) in [5.41, 5.74) is 0. The maximum absolute atomic E-state index is 7.56. The molecule has 0 heterocycles. The second-order valence-corrected chi connectivity index (χ2v) is 33.2. The summed E-state index contributed by atoms with van der Waals surface area (Å²) in [6.07, 6.45) is 64.7. The molecule has 0 aliphatic rings. The summed E-state index contributed by atoms with van der Waals surface area (Å²) in [7, 11) is -7.24. The summed E-state index contributed by atoms with van der Waals surface area (Å²) in [6, 6.07) is 0. The molecule has 0 aromatic carbocycles. The van der Waals surface area contributed by atoms with Crippen molar-refractivity contribution in [2.24, 2.45) is 0 Å². The third-order valence-corrected chi connectivity index (χ3v) is 20.3. The van der Waals surface area contributed by atoms with Crippen LogP contribution in [0.2, 0.25) is 0 Å². The molecule has 0 bridgehead atoms. The summed E-state index contributed by atoms with van der Waals surface area (Å²) < 4.78 is 0. The zero-order valence-electron chi connectivity index (χ0n) is 88.2. The standard InChI is InChI=1S/8C12H27N.4CH2BNO2/c8*1-4-7-10-13(11-8-5-2)12-9-6-3;4*3-1-2(4)5/h8*4-12H2,1-3H3;4*4-5H. The number of hydrogen-bond donors (Lipinski definition) is 8. The first-order valence-corrected chi connectivity index (χ1v) is 52.7. The second-order valence-electron chi connectivity index (χ2n) is 33.2. The predicted molar refractivity (Wildman–Crippen MR) is 553 cm³/mol. The van der Waals surface area contributed by atoms with Crippen molar-refractivity contribution in [1.29, 1.82) is 21.0 Å². The van der Waals surface area contributed by atoms with Crippen molar-refractivity contribution in [3.05, 3.63) is 0 Å². The van der Waals surface area contributed by atoms with Gasteiger partial charge in [0, 0.05) is 0 Å². The Morgan fingerprint density at radius 1 is 0.129 bits per heavy atom. The molecule has 0 spiro atoms. The van der Waals surface area contributed by atoms with Crippen LogP contribution in [0.5, 0.6) is 0 Å². The molecule has 0 aliphatic heterocycles. The molecule has 0 fully saturated rings. The zero-order valence-corrected chi connectivity index (χ0v) is 88.2. The fourth-order valence-corrected chi connectivity index (χ4v) is 11.8. The summed E-state index contributed by atoms with van der Waals surface area (Å²) >= 11 is 0. The van der Waals surface area contributed by atoms with Crippen LogP contribution in [0, 0.1) is 44.9 Å². The van der Waals surface area contributed by atoms with Gasteiger partial charge >= 0.3 is 28.5 Å². The van der Waals surface area contributed by atoms with Crippen LogP contribution in [-0.4, -0.2) is 265 Å². The Hall–Kier alpha value is -2.42. The van der Waals surface area contributed by atoms with Crippen molar-refractivity contribution in [3.8, 4) is 23.9 Å². The first kappa shape index (κ1) is 147. The molecule has 24 heteroatoms. The highest BCUT2D eigenvalue weighted by atomic mass is 16.4. The van der Waals surface area contributed by atoms with E-state index < -0.39 is 28.5 Å². The lowest BCUT2D eigenvalue weighted by Crippen LogP contribution is -2.27. The van der Waals surface area contributed by atoms with Gasteiger partial charge in [-0.15, -0.1) is 0 Å². The minimum Gasteiger partial charge on any atom is -0.415 e. The fraction of sp³-hybridized carbons (Fsp3) is 0.960. The molecule has 0 aromatic heterocycles. The molecular formula is C100H224B4N12O8. The van der Waals surface area contributed by atoms with Gasteiger partial charge in [0.15, 0.2) is 0 Å². The molecule has 0 saturated heterocycles. The third-order valence-electron chi connectivity index (χ3n) is 20.3. The van der Waals surface area contributed by atoms with Crippen LogP contribution < -0.4 is 0 Å². The van der Waals surface area contributed by atoms with Crippen molar-refractivity contribution in [2.45, 2.75) is 474 Å². The first-order chi connectivity index (χ1) is 59.8. The molecule has 0 aromatic rings. The van der Waals surface area contributed by atoms with Gasteiger partial charge in [-0.1, -0.05) is 320 Å². The molecule has 0 atom stereocenters. The molecule has 0 rings (SSSR count). The van der Waals surface area contributed by atoms with E-state index >= 15 is 0 Å². The minimum absolute atomic E-state index is 1.14. The van der Waals surface area contributed by atoms with Gasteiger partial charge in [0.2, 0.25) is 0 Å². The third kappa shape index (κ3) is 163. The summed E-state index contributed by atoms with van der Waals surface area (Å²) in [4.78, 5) is 21.1. The summed E-state index contributed by atoms with van der Waals surface area (Å²) in [5, 5.41) is 90.0. The monoisotopic (exact) mass is 1770 g/mol. The molecule has 0 radical (unpaired) electrons. The van der Waals surface area contributed by atoms with Gasteiger partial charge in [0.1, 0.15) is 0 Å². The quantitative estimate of drug-likeness (QED) is 0.0263. The fourth-order valence-electron chi connectivity index (χ4n) is 11.8. The van der Waals surface area contributed by atoms with Crippen molar-refractivity contribution in [3.63, 3.8) is 0 Å². The number of nitriles is 4. The average molecular weight is 1770 g/mol. The lowest BCUT2D eigenvalue weighted by molar-refractivity contribution is 0.261. The highest BCUT2D eigenvalue weighted by Gasteiger charge is 2.10. The highest BCUT2D eigenvalue weighted by Crippen LogP contribution is 2.09. The lowest BCUT2D eigenvalue weighted by atomic mass is 9.97. The Morgan fingerprint density at radius 2 is 0.169 bits per heavy atom. The molecule has 124 heavy (non-hydrogen) atoms. The Bertz CT molecular complexity index is 1420. The molecule has 0 unspecified atom stereocenters. The van der Waals surface area contributed by atoms with E-state index in [1.165, 1.54) is 465 Å². The molecule has 0 amide bonds. The van der Waals surface area contributed by atoms with E-state index in [-0.39, 0.29) is 0 Å². The molecule has 744 valence electrons. The smallest absolute Gasteiger partial charge is 0.415 e. The molecule has 0 aliphatic carbocycles. The maximum atomic E-state index is 7.56. The Balaban J connectivity index is -0.000000112. The van der Waals surface area contributed by atoms with E-state index in [9.17, 15) is 0 Å². The van der Waals surface area contributed by atoms with Crippen LogP contribution in [0.3, 0.4) is 0 Å². The second kappa shape index (κ2) is 144. The predicted octanol–water partition coefficient (Wildman–Crippen LogP) is 23.6. The average Bonchev–Trinajstić information content (AvgIpc) is 1.06.